The third-order valence-corrected chi connectivity index (χ3v) is 5.18. The van der Waals surface area contributed by atoms with Gasteiger partial charge in [0.15, 0.2) is 17.5 Å². The number of piperidine rings is 1. The molecule has 1 amide bonds. The average Bonchev–Trinajstić information content (AvgIpc) is 2.69. The lowest BCUT2D eigenvalue weighted by molar-refractivity contribution is -0.136. The number of phenols is 1. The summed E-state index contributed by atoms with van der Waals surface area (Å²) in [6.45, 7) is 6.05. The van der Waals surface area contributed by atoms with Gasteiger partial charge in [0.25, 0.3) is 0 Å². The Labute approximate surface area is 160 Å². The molecule has 0 aromatic heterocycles. The molecule has 1 saturated heterocycles. The molecule has 0 bridgehead atoms. The van der Waals surface area contributed by atoms with E-state index in [1.807, 2.05) is 4.90 Å². The second kappa shape index (κ2) is 10.1. The maximum Gasteiger partial charge on any atom is 0.225 e. The monoisotopic (exact) mass is 378 g/mol. The fourth-order valence-corrected chi connectivity index (χ4v) is 3.37. The number of carbonyl (C=O) groups is 1. The highest BCUT2D eigenvalue weighted by molar-refractivity contribution is 5.80. The highest BCUT2D eigenvalue weighted by Crippen LogP contribution is 2.18. The highest BCUT2D eigenvalue weighted by Gasteiger charge is 2.26. The number of halogens is 1. The summed E-state index contributed by atoms with van der Waals surface area (Å²) in [4.78, 5) is 18.7. The van der Waals surface area contributed by atoms with Crippen LogP contribution in [0.25, 0.3) is 0 Å². The van der Waals surface area contributed by atoms with Gasteiger partial charge in [0, 0.05) is 38.6 Å². The lowest BCUT2D eigenvalue weighted by Gasteiger charge is -2.34. The van der Waals surface area contributed by atoms with Gasteiger partial charge in [-0.15, -0.1) is 0 Å². The average molecular weight is 378 g/mol. The first kappa shape index (κ1) is 21.0. The minimum absolute atomic E-state index is 0.134. The van der Waals surface area contributed by atoms with Gasteiger partial charge in [0.1, 0.15) is 0 Å². The fraction of sp³-hybridized carbons (Fsp3) is 0.600. The molecule has 0 aliphatic carbocycles. The van der Waals surface area contributed by atoms with E-state index in [0.29, 0.717) is 12.5 Å². The molecule has 1 aromatic rings. The maximum atomic E-state index is 13.4. The largest absolute Gasteiger partial charge is 0.505 e. The van der Waals surface area contributed by atoms with Crippen LogP contribution in [-0.2, 0) is 11.3 Å². The van der Waals surface area contributed by atoms with Gasteiger partial charge < -0.3 is 20.6 Å². The Kier molecular flexibility index (Phi) is 7.88. The van der Waals surface area contributed by atoms with Crippen molar-refractivity contribution in [2.45, 2.75) is 52.1 Å². The Morgan fingerprint density at radius 1 is 1.33 bits per heavy atom. The van der Waals surface area contributed by atoms with Crippen molar-refractivity contribution in [3.63, 3.8) is 0 Å². The van der Waals surface area contributed by atoms with Gasteiger partial charge in [-0.05, 0) is 43.4 Å². The number of nitrogens with zero attached hydrogens (tertiary/aromatic N) is 2. The van der Waals surface area contributed by atoms with Gasteiger partial charge in [0.05, 0.1) is 0 Å². The maximum absolute atomic E-state index is 13.4. The summed E-state index contributed by atoms with van der Waals surface area (Å²) >= 11 is 0. The highest BCUT2D eigenvalue weighted by atomic mass is 19.1. The molecule has 6 nitrogen and oxygen atoms in total. The number of rotatable bonds is 6. The first-order valence-electron chi connectivity index (χ1n) is 9.71. The van der Waals surface area contributed by atoms with Crippen LogP contribution >= 0.6 is 0 Å². The van der Waals surface area contributed by atoms with Gasteiger partial charge in [-0.2, -0.15) is 0 Å². The molecule has 1 aliphatic heterocycles. The van der Waals surface area contributed by atoms with Crippen LogP contribution < -0.4 is 10.6 Å². The Hall–Kier alpha value is -2.31. The lowest BCUT2D eigenvalue weighted by Crippen LogP contribution is -2.50. The van der Waals surface area contributed by atoms with Crippen LogP contribution in [0.15, 0.2) is 23.2 Å². The Morgan fingerprint density at radius 2 is 2.00 bits per heavy atom. The Balaban J connectivity index is 1.80. The topological polar surface area (TPSA) is 77.0 Å². The molecule has 3 N–H and O–H groups in total. The van der Waals surface area contributed by atoms with E-state index < -0.39 is 5.82 Å². The Morgan fingerprint density at radius 3 is 2.56 bits per heavy atom. The molecule has 0 atom stereocenters. The number of aromatic hydroxyl groups is 1. The number of amides is 1. The SMILES string of the molecule is CCC(CC)C(=O)N1CCC(NC(=NC)NCc2ccc(O)c(F)c2)CC1. The molecule has 7 heteroatoms. The molecule has 1 aromatic carbocycles. The van der Waals surface area contributed by atoms with Crippen LogP contribution in [-0.4, -0.2) is 48.1 Å². The van der Waals surface area contributed by atoms with Gasteiger partial charge in [-0.25, -0.2) is 4.39 Å². The number of carbonyl (C=O) groups excluding carboxylic acids is 1. The van der Waals surface area contributed by atoms with Crippen molar-refractivity contribution >= 4 is 11.9 Å². The molecule has 0 unspecified atom stereocenters. The fourth-order valence-electron chi connectivity index (χ4n) is 3.37. The number of hydrogen-bond acceptors (Lipinski definition) is 3. The standard InChI is InChI=1S/C20H31FN4O2/c1-4-15(5-2)19(27)25-10-8-16(9-11-25)24-20(22-3)23-13-14-6-7-18(26)17(21)12-14/h6-7,12,15-16,26H,4-5,8-11,13H2,1-3H3,(H2,22,23,24). The van der Waals surface area contributed by atoms with Crippen molar-refractivity contribution < 1.29 is 14.3 Å². The van der Waals surface area contributed by atoms with Gasteiger partial charge in [-0.3, -0.25) is 9.79 Å². The molecule has 0 radical (unpaired) electrons. The van der Waals surface area contributed by atoms with Crippen molar-refractivity contribution in [2.75, 3.05) is 20.1 Å². The normalized spacial score (nSPS) is 15.9. The van der Waals surface area contributed by atoms with Crippen molar-refractivity contribution in [3.8, 4) is 5.75 Å². The van der Waals surface area contributed by atoms with E-state index in [2.05, 4.69) is 29.5 Å². The first-order valence-corrected chi connectivity index (χ1v) is 9.71. The molecule has 1 heterocycles. The number of guanidine groups is 1. The zero-order valence-corrected chi connectivity index (χ0v) is 16.5. The minimum atomic E-state index is -0.633. The number of nitrogens with one attached hydrogen (secondary N) is 2. The first-order chi connectivity index (χ1) is 13.0. The molecular weight excluding hydrogens is 347 g/mol. The third-order valence-electron chi connectivity index (χ3n) is 5.18. The smallest absolute Gasteiger partial charge is 0.225 e. The molecule has 0 spiro atoms. The molecule has 0 saturated carbocycles. The van der Waals surface area contributed by atoms with E-state index in [1.165, 1.54) is 12.1 Å². The second-order valence-electron chi connectivity index (χ2n) is 6.97. The summed E-state index contributed by atoms with van der Waals surface area (Å²) in [6.07, 6.45) is 3.53. The van der Waals surface area contributed by atoms with Gasteiger partial charge in [-0.1, -0.05) is 19.9 Å². The molecule has 1 fully saturated rings. The molecule has 1 aliphatic rings. The predicted octanol–water partition coefficient (Wildman–Crippen LogP) is 2.62. The number of phenolic OH excluding ortho intramolecular Hbond substituents is 1. The summed E-state index contributed by atoms with van der Waals surface area (Å²) in [6, 6.07) is 4.56. The van der Waals surface area contributed by atoms with Crippen molar-refractivity contribution in [3.05, 3.63) is 29.6 Å². The molecule has 27 heavy (non-hydrogen) atoms. The van der Waals surface area contributed by atoms with Crippen LogP contribution in [0, 0.1) is 11.7 Å². The van der Waals surface area contributed by atoms with E-state index >= 15 is 0 Å². The van der Waals surface area contributed by atoms with E-state index in [-0.39, 0.29) is 23.6 Å². The molecule has 2 rings (SSSR count). The van der Waals surface area contributed by atoms with Gasteiger partial charge >= 0.3 is 0 Å². The third kappa shape index (κ3) is 5.84. The number of hydrogen-bond donors (Lipinski definition) is 3. The molecule has 150 valence electrons. The minimum Gasteiger partial charge on any atom is -0.505 e. The number of benzene rings is 1. The lowest BCUT2D eigenvalue weighted by atomic mass is 9.98. The quantitative estimate of drug-likeness (QED) is 0.525. The van der Waals surface area contributed by atoms with E-state index in [1.54, 1.807) is 13.1 Å². The predicted molar refractivity (Wildman–Crippen MR) is 105 cm³/mol. The van der Waals surface area contributed by atoms with Crippen LogP contribution in [0.5, 0.6) is 5.75 Å². The number of likely N-dealkylation sites (tertiary alicyclic amines) is 1. The zero-order valence-electron chi connectivity index (χ0n) is 16.5. The number of aliphatic imine (C=N–C) groups is 1. The van der Waals surface area contributed by atoms with Crippen LogP contribution in [0.2, 0.25) is 0 Å². The summed E-state index contributed by atoms with van der Waals surface area (Å²) in [5.74, 6) is 0.0703. The van der Waals surface area contributed by atoms with Gasteiger partial charge in [0.2, 0.25) is 5.91 Å². The summed E-state index contributed by atoms with van der Waals surface area (Å²) in [5.41, 5.74) is 0.721. The van der Waals surface area contributed by atoms with Crippen molar-refractivity contribution in [1.29, 1.82) is 0 Å². The second-order valence-corrected chi connectivity index (χ2v) is 6.97. The van der Waals surface area contributed by atoms with E-state index in [0.717, 1.165) is 44.3 Å². The van der Waals surface area contributed by atoms with Crippen LogP contribution in [0.1, 0.15) is 45.1 Å². The summed E-state index contributed by atoms with van der Waals surface area (Å²) < 4.78 is 13.4. The molecular formula is C20H31FN4O2. The van der Waals surface area contributed by atoms with E-state index in [9.17, 15) is 14.3 Å². The zero-order chi connectivity index (χ0) is 19.8. The van der Waals surface area contributed by atoms with Crippen LogP contribution in [0.4, 0.5) is 4.39 Å². The van der Waals surface area contributed by atoms with Crippen molar-refractivity contribution in [2.24, 2.45) is 10.9 Å². The summed E-state index contributed by atoms with van der Waals surface area (Å²) in [5, 5.41) is 15.8. The summed E-state index contributed by atoms with van der Waals surface area (Å²) in [7, 11) is 1.69. The Bertz CT molecular complexity index is 653. The van der Waals surface area contributed by atoms with Crippen LogP contribution in [0.3, 0.4) is 0 Å². The van der Waals surface area contributed by atoms with Crippen molar-refractivity contribution in [1.82, 2.24) is 15.5 Å². The van der Waals surface area contributed by atoms with E-state index in [4.69, 9.17) is 0 Å².